The number of carbonyl (C=O) groups excluding carboxylic acids is 2. The van der Waals surface area contributed by atoms with E-state index in [1.807, 2.05) is 18.2 Å². The van der Waals surface area contributed by atoms with Crippen molar-refractivity contribution in [3.63, 3.8) is 0 Å². The minimum absolute atomic E-state index is 0.231. The molecule has 1 unspecified atom stereocenters. The zero-order chi connectivity index (χ0) is 22.2. The molecular formula is C24H20ClFN2O3. The van der Waals surface area contributed by atoms with Gasteiger partial charge in [0.1, 0.15) is 11.4 Å². The maximum absolute atomic E-state index is 14.1. The smallest absolute Gasteiger partial charge is 0.337 e. The first-order chi connectivity index (χ1) is 14.8. The van der Waals surface area contributed by atoms with Crippen molar-refractivity contribution in [1.82, 2.24) is 0 Å². The van der Waals surface area contributed by atoms with Crippen LogP contribution >= 0.6 is 11.6 Å². The number of fused-ring (bicyclic) bond motifs is 1. The fourth-order valence-corrected chi connectivity index (χ4v) is 4.01. The number of hydrogen-bond acceptors (Lipinski definition) is 4. The Labute approximate surface area is 184 Å². The number of hydrogen-bond donors (Lipinski definition) is 1. The van der Waals surface area contributed by atoms with Crippen LogP contribution in [0.5, 0.6) is 0 Å². The topological polar surface area (TPSA) is 58.6 Å². The fourth-order valence-electron chi connectivity index (χ4n) is 3.81. The highest BCUT2D eigenvalue weighted by atomic mass is 35.5. The van der Waals surface area contributed by atoms with Crippen LogP contribution in [0.15, 0.2) is 66.7 Å². The summed E-state index contributed by atoms with van der Waals surface area (Å²) in [6, 6.07) is 18.2. The second kappa shape index (κ2) is 8.04. The Hall–Kier alpha value is -3.38. The van der Waals surface area contributed by atoms with Crippen molar-refractivity contribution in [3.8, 4) is 0 Å². The number of ether oxygens (including phenoxy) is 1. The Morgan fingerprint density at radius 1 is 1.13 bits per heavy atom. The first kappa shape index (κ1) is 20.9. The SMILES string of the molecule is COC(=O)c1ccc(NC2(C)C(=O)N(Cc3ccccc3Cl)c3ccc(F)cc32)cc1. The molecule has 1 aliphatic rings. The third-order valence-electron chi connectivity index (χ3n) is 5.45. The highest BCUT2D eigenvalue weighted by molar-refractivity contribution is 6.31. The van der Waals surface area contributed by atoms with Gasteiger partial charge in [0.2, 0.25) is 0 Å². The number of carbonyl (C=O) groups is 2. The molecule has 1 atom stereocenters. The van der Waals surface area contributed by atoms with Crippen molar-refractivity contribution in [2.75, 3.05) is 17.3 Å². The van der Waals surface area contributed by atoms with Crippen molar-refractivity contribution < 1.29 is 18.7 Å². The van der Waals surface area contributed by atoms with E-state index in [2.05, 4.69) is 5.32 Å². The lowest BCUT2D eigenvalue weighted by atomic mass is 9.93. The van der Waals surface area contributed by atoms with E-state index in [-0.39, 0.29) is 12.5 Å². The number of benzene rings is 3. The molecule has 31 heavy (non-hydrogen) atoms. The van der Waals surface area contributed by atoms with E-state index < -0.39 is 17.3 Å². The molecule has 3 aromatic carbocycles. The molecular weight excluding hydrogens is 419 g/mol. The maximum atomic E-state index is 14.1. The van der Waals surface area contributed by atoms with Crippen molar-refractivity contribution in [3.05, 3.63) is 94.3 Å². The van der Waals surface area contributed by atoms with Crippen molar-refractivity contribution >= 4 is 34.9 Å². The molecule has 1 amide bonds. The monoisotopic (exact) mass is 438 g/mol. The normalized spacial score (nSPS) is 17.4. The van der Waals surface area contributed by atoms with Gasteiger partial charge in [-0.25, -0.2) is 9.18 Å². The Kier molecular flexibility index (Phi) is 5.41. The molecule has 0 saturated heterocycles. The summed E-state index contributed by atoms with van der Waals surface area (Å²) in [6.45, 7) is 1.98. The van der Waals surface area contributed by atoms with Gasteiger partial charge in [0, 0.05) is 16.3 Å². The summed E-state index contributed by atoms with van der Waals surface area (Å²) < 4.78 is 18.9. The van der Waals surface area contributed by atoms with Gasteiger partial charge in [-0.1, -0.05) is 29.8 Å². The molecule has 5 nitrogen and oxygen atoms in total. The van der Waals surface area contributed by atoms with Crippen LogP contribution in [0.3, 0.4) is 0 Å². The number of rotatable bonds is 5. The van der Waals surface area contributed by atoms with Crippen LogP contribution in [0.1, 0.15) is 28.4 Å². The van der Waals surface area contributed by atoms with Gasteiger partial charge in [-0.05, 0) is 61.0 Å². The average molecular weight is 439 g/mol. The van der Waals surface area contributed by atoms with E-state index >= 15 is 0 Å². The summed E-state index contributed by atoms with van der Waals surface area (Å²) in [5.74, 6) is -1.11. The number of nitrogens with zero attached hydrogens (tertiary/aromatic N) is 1. The van der Waals surface area contributed by atoms with Crippen molar-refractivity contribution in [2.45, 2.75) is 19.0 Å². The Morgan fingerprint density at radius 2 is 1.84 bits per heavy atom. The molecule has 7 heteroatoms. The molecule has 3 aromatic rings. The van der Waals surface area contributed by atoms with Gasteiger partial charge >= 0.3 is 5.97 Å². The molecule has 1 aliphatic heterocycles. The molecule has 1 heterocycles. The quantitative estimate of drug-likeness (QED) is 0.560. The number of nitrogens with one attached hydrogen (secondary N) is 1. The van der Waals surface area contributed by atoms with E-state index in [0.717, 1.165) is 5.56 Å². The van der Waals surface area contributed by atoms with E-state index in [1.54, 1.807) is 48.2 Å². The lowest BCUT2D eigenvalue weighted by molar-refractivity contribution is -0.121. The summed E-state index contributed by atoms with van der Waals surface area (Å²) in [5, 5.41) is 3.78. The zero-order valence-corrected chi connectivity index (χ0v) is 17.7. The second-order valence-electron chi connectivity index (χ2n) is 7.46. The summed E-state index contributed by atoms with van der Waals surface area (Å²) in [6.07, 6.45) is 0. The Balaban J connectivity index is 1.70. The number of halogens is 2. The molecule has 158 valence electrons. The number of methoxy groups -OCH3 is 1. The lowest BCUT2D eigenvalue weighted by Gasteiger charge is -2.27. The van der Waals surface area contributed by atoms with Gasteiger partial charge in [-0.2, -0.15) is 0 Å². The van der Waals surface area contributed by atoms with E-state index in [0.29, 0.717) is 27.5 Å². The molecule has 1 N–H and O–H groups in total. The molecule has 0 aliphatic carbocycles. The van der Waals surface area contributed by atoms with Crippen LogP contribution < -0.4 is 10.2 Å². The predicted molar refractivity (Wildman–Crippen MR) is 118 cm³/mol. The average Bonchev–Trinajstić information content (AvgIpc) is 2.96. The third-order valence-corrected chi connectivity index (χ3v) is 5.82. The van der Waals surface area contributed by atoms with Crippen LogP contribution in [0, 0.1) is 5.82 Å². The van der Waals surface area contributed by atoms with E-state index in [1.165, 1.54) is 19.2 Å². The Bertz CT molecular complexity index is 1170. The fraction of sp³-hybridized carbons (Fsp3) is 0.167. The number of anilines is 2. The summed E-state index contributed by atoms with van der Waals surface area (Å²) in [5.41, 5.74) is 1.74. The molecule has 4 rings (SSSR count). The van der Waals surface area contributed by atoms with E-state index in [4.69, 9.17) is 16.3 Å². The largest absolute Gasteiger partial charge is 0.465 e. The second-order valence-corrected chi connectivity index (χ2v) is 7.87. The van der Waals surface area contributed by atoms with Gasteiger partial charge in [0.15, 0.2) is 0 Å². The van der Waals surface area contributed by atoms with Crippen molar-refractivity contribution in [2.24, 2.45) is 0 Å². The minimum Gasteiger partial charge on any atom is -0.465 e. The van der Waals surface area contributed by atoms with Crippen LogP contribution in [-0.4, -0.2) is 19.0 Å². The van der Waals surface area contributed by atoms with Gasteiger partial charge in [0.25, 0.3) is 5.91 Å². The first-order valence-corrected chi connectivity index (χ1v) is 10.0. The summed E-state index contributed by atoms with van der Waals surface area (Å²) in [7, 11) is 1.31. The molecule has 0 aromatic heterocycles. The third kappa shape index (κ3) is 3.75. The van der Waals surface area contributed by atoms with E-state index in [9.17, 15) is 14.0 Å². The minimum atomic E-state index is -1.20. The highest BCUT2D eigenvalue weighted by Crippen LogP contribution is 2.43. The van der Waals surface area contributed by atoms with Crippen LogP contribution in [0.4, 0.5) is 15.8 Å². The Morgan fingerprint density at radius 3 is 2.52 bits per heavy atom. The molecule has 0 fully saturated rings. The molecule has 0 saturated carbocycles. The first-order valence-electron chi connectivity index (χ1n) is 9.65. The summed E-state index contributed by atoms with van der Waals surface area (Å²) >= 11 is 6.30. The zero-order valence-electron chi connectivity index (χ0n) is 17.0. The molecule has 0 spiro atoms. The van der Waals surface area contributed by atoms with Gasteiger partial charge in [-0.15, -0.1) is 0 Å². The molecule has 0 bridgehead atoms. The summed E-state index contributed by atoms with van der Waals surface area (Å²) in [4.78, 5) is 26.8. The van der Waals surface area contributed by atoms with Crippen LogP contribution in [0.2, 0.25) is 5.02 Å². The van der Waals surface area contributed by atoms with Gasteiger partial charge < -0.3 is 15.0 Å². The molecule has 0 radical (unpaired) electrons. The van der Waals surface area contributed by atoms with Gasteiger partial charge in [-0.3, -0.25) is 4.79 Å². The predicted octanol–water partition coefficient (Wildman–Crippen LogP) is 5.14. The van der Waals surface area contributed by atoms with Crippen LogP contribution in [0.25, 0.3) is 0 Å². The van der Waals surface area contributed by atoms with Crippen LogP contribution in [-0.2, 0) is 21.6 Å². The number of amides is 1. The van der Waals surface area contributed by atoms with Crippen molar-refractivity contribution in [1.29, 1.82) is 0 Å². The maximum Gasteiger partial charge on any atom is 0.337 e. The lowest BCUT2D eigenvalue weighted by Crippen LogP contribution is -2.43. The number of esters is 1. The standard InChI is InChI=1S/C24H20ClFN2O3/c1-24(27-18-10-7-15(8-11-18)22(29)31-2)19-13-17(26)9-12-21(19)28(23(24)30)14-16-5-3-4-6-20(16)25/h3-13,27H,14H2,1-2H3. The van der Waals surface area contributed by atoms with Gasteiger partial charge in [0.05, 0.1) is 24.9 Å². The highest BCUT2D eigenvalue weighted by Gasteiger charge is 2.48.